The van der Waals surface area contributed by atoms with Gasteiger partial charge in [-0.2, -0.15) is 0 Å². The highest BCUT2D eigenvalue weighted by Crippen LogP contribution is 2.43. The summed E-state index contributed by atoms with van der Waals surface area (Å²) in [7, 11) is 0. The number of nitrogens with zero attached hydrogens (tertiary/aromatic N) is 1. The van der Waals surface area contributed by atoms with E-state index in [1.54, 1.807) is 12.1 Å². The topological polar surface area (TPSA) is 66.6 Å². The van der Waals surface area contributed by atoms with Crippen molar-refractivity contribution in [2.75, 3.05) is 4.90 Å². The molecular formula is C19H14Cl2N2O2. The number of hydrogen-bond donors (Lipinski definition) is 2. The van der Waals surface area contributed by atoms with Gasteiger partial charge in [0.2, 0.25) is 0 Å². The number of primary amides is 1. The van der Waals surface area contributed by atoms with E-state index in [-0.39, 0.29) is 21.5 Å². The zero-order chi connectivity index (χ0) is 18.0. The second-order valence-corrected chi connectivity index (χ2v) is 6.07. The molecule has 0 radical (unpaired) electrons. The number of halogens is 2. The van der Waals surface area contributed by atoms with Gasteiger partial charge in [0.25, 0.3) is 0 Å². The number of phenolic OH excluding ortho intramolecular Hbond substituents is 1. The predicted molar refractivity (Wildman–Crippen MR) is 102 cm³/mol. The third-order valence-corrected chi connectivity index (χ3v) is 4.53. The minimum atomic E-state index is -0.753. The van der Waals surface area contributed by atoms with Crippen LogP contribution in [0, 0.1) is 0 Å². The molecule has 0 bridgehead atoms. The maximum absolute atomic E-state index is 12.2. The molecule has 0 saturated carbocycles. The van der Waals surface area contributed by atoms with Gasteiger partial charge in [0.1, 0.15) is 5.02 Å². The Kier molecular flexibility index (Phi) is 4.83. The molecule has 0 aromatic heterocycles. The van der Waals surface area contributed by atoms with Crippen LogP contribution >= 0.6 is 23.2 Å². The summed E-state index contributed by atoms with van der Waals surface area (Å²) in [6, 6.07) is 19.1. The number of rotatable bonds is 3. The third kappa shape index (κ3) is 3.27. The van der Waals surface area contributed by atoms with Crippen LogP contribution in [0.1, 0.15) is 0 Å². The van der Waals surface area contributed by atoms with Crippen molar-refractivity contribution in [3.05, 3.63) is 76.8 Å². The molecule has 3 aromatic rings. The number of urea groups is 1. The normalized spacial score (nSPS) is 10.5. The molecule has 3 aromatic carbocycles. The summed E-state index contributed by atoms with van der Waals surface area (Å²) in [5.41, 5.74) is 7.98. The van der Waals surface area contributed by atoms with Crippen molar-refractivity contribution in [1.29, 1.82) is 0 Å². The Morgan fingerprint density at radius 1 is 0.880 bits per heavy atom. The average molecular weight is 373 g/mol. The second-order valence-electron chi connectivity index (χ2n) is 5.29. The van der Waals surface area contributed by atoms with E-state index in [4.69, 9.17) is 28.9 Å². The van der Waals surface area contributed by atoms with Crippen LogP contribution in [0.2, 0.25) is 10.0 Å². The molecule has 0 aliphatic carbocycles. The summed E-state index contributed by atoms with van der Waals surface area (Å²) in [4.78, 5) is 13.4. The largest absolute Gasteiger partial charge is 0.504 e. The number of nitrogens with two attached hydrogens (primary N) is 1. The summed E-state index contributed by atoms with van der Waals surface area (Å²) in [6.45, 7) is 0. The fourth-order valence-corrected chi connectivity index (χ4v) is 2.92. The van der Waals surface area contributed by atoms with Gasteiger partial charge in [0.05, 0.1) is 16.4 Å². The molecule has 2 amide bonds. The van der Waals surface area contributed by atoms with Crippen molar-refractivity contribution in [3.63, 3.8) is 0 Å². The maximum atomic E-state index is 12.2. The molecule has 0 heterocycles. The molecule has 0 atom stereocenters. The predicted octanol–water partition coefficient (Wildman–Crippen LogP) is 5.58. The highest BCUT2D eigenvalue weighted by atomic mass is 35.5. The first-order valence-corrected chi connectivity index (χ1v) is 8.17. The number of para-hydroxylation sites is 1. The molecule has 4 nitrogen and oxygen atoms in total. The van der Waals surface area contributed by atoms with Gasteiger partial charge < -0.3 is 10.8 Å². The lowest BCUT2D eigenvalue weighted by molar-refractivity contribution is 0.256. The molecule has 0 saturated heterocycles. The number of phenols is 1. The summed E-state index contributed by atoms with van der Waals surface area (Å²) < 4.78 is 0. The highest BCUT2D eigenvalue weighted by Gasteiger charge is 2.23. The molecule has 25 heavy (non-hydrogen) atoms. The fraction of sp³-hybridized carbons (Fsp3) is 0. The van der Waals surface area contributed by atoms with Crippen LogP contribution < -0.4 is 10.6 Å². The molecule has 0 fully saturated rings. The summed E-state index contributed by atoms with van der Waals surface area (Å²) in [5, 5.41) is 10.5. The van der Waals surface area contributed by atoms with Crippen molar-refractivity contribution in [2.24, 2.45) is 5.73 Å². The quantitative estimate of drug-likeness (QED) is 0.629. The Labute approximate surface area is 155 Å². The van der Waals surface area contributed by atoms with Crippen LogP contribution in [0.25, 0.3) is 11.1 Å². The number of carbonyl (C=O) groups excluding carboxylic acids is 1. The molecule has 0 spiro atoms. The molecule has 0 unspecified atom stereocenters. The van der Waals surface area contributed by atoms with E-state index in [9.17, 15) is 9.90 Å². The Balaban J connectivity index is 2.22. The lowest BCUT2D eigenvalue weighted by Crippen LogP contribution is -2.31. The highest BCUT2D eigenvalue weighted by molar-refractivity contribution is 6.43. The van der Waals surface area contributed by atoms with Gasteiger partial charge in [0, 0.05) is 5.56 Å². The van der Waals surface area contributed by atoms with Gasteiger partial charge >= 0.3 is 6.03 Å². The molecule has 3 rings (SSSR count). The van der Waals surface area contributed by atoms with Crippen molar-refractivity contribution < 1.29 is 9.90 Å². The van der Waals surface area contributed by atoms with Gasteiger partial charge in [-0.05, 0) is 23.8 Å². The van der Waals surface area contributed by atoms with E-state index in [1.165, 1.54) is 17.0 Å². The van der Waals surface area contributed by atoms with Crippen molar-refractivity contribution in [1.82, 2.24) is 0 Å². The van der Waals surface area contributed by atoms with Crippen LogP contribution in [-0.2, 0) is 0 Å². The van der Waals surface area contributed by atoms with Gasteiger partial charge in [-0.25, -0.2) is 4.79 Å². The zero-order valence-corrected chi connectivity index (χ0v) is 14.5. The minimum absolute atomic E-state index is 0.0393. The molecule has 6 heteroatoms. The Morgan fingerprint density at radius 2 is 1.52 bits per heavy atom. The number of benzene rings is 3. The SMILES string of the molecule is NC(=O)N(c1ccccc1-c1ccccc1)c1ccc(Cl)c(Cl)c1O. The lowest BCUT2D eigenvalue weighted by Gasteiger charge is -2.25. The first kappa shape index (κ1) is 17.1. The number of hydrogen-bond acceptors (Lipinski definition) is 2. The van der Waals surface area contributed by atoms with Crippen LogP contribution in [0.15, 0.2) is 66.7 Å². The van der Waals surface area contributed by atoms with Crippen molar-refractivity contribution in [3.8, 4) is 16.9 Å². The van der Waals surface area contributed by atoms with E-state index >= 15 is 0 Å². The Morgan fingerprint density at radius 3 is 2.20 bits per heavy atom. The third-order valence-electron chi connectivity index (χ3n) is 3.74. The smallest absolute Gasteiger partial charge is 0.324 e. The van der Waals surface area contributed by atoms with Crippen LogP contribution in [0.5, 0.6) is 5.75 Å². The monoisotopic (exact) mass is 372 g/mol. The van der Waals surface area contributed by atoms with Gasteiger partial charge in [-0.3, -0.25) is 4.90 Å². The van der Waals surface area contributed by atoms with E-state index in [0.717, 1.165) is 11.1 Å². The molecule has 0 aliphatic rings. The van der Waals surface area contributed by atoms with E-state index in [1.807, 2.05) is 42.5 Å². The molecule has 3 N–H and O–H groups in total. The Hall–Kier alpha value is -2.69. The number of anilines is 2. The summed E-state index contributed by atoms with van der Waals surface area (Å²) in [5.74, 6) is -0.309. The number of aromatic hydroxyl groups is 1. The lowest BCUT2D eigenvalue weighted by atomic mass is 10.0. The van der Waals surface area contributed by atoms with E-state index < -0.39 is 6.03 Å². The van der Waals surface area contributed by atoms with Crippen molar-refractivity contribution >= 4 is 40.6 Å². The van der Waals surface area contributed by atoms with Gasteiger partial charge in [-0.1, -0.05) is 71.7 Å². The maximum Gasteiger partial charge on any atom is 0.324 e. The van der Waals surface area contributed by atoms with E-state index in [2.05, 4.69) is 0 Å². The van der Waals surface area contributed by atoms with Crippen LogP contribution in [-0.4, -0.2) is 11.1 Å². The fourth-order valence-electron chi connectivity index (χ4n) is 2.61. The van der Waals surface area contributed by atoms with E-state index in [0.29, 0.717) is 5.69 Å². The second kappa shape index (κ2) is 7.05. The van der Waals surface area contributed by atoms with Crippen molar-refractivity contribution in [2.45, 2.75) is 0 Å². The van der Waals surface area contributed by atoms with Crippen LogP contribution in [0.3, 0.4) is 0 Å². The summed E-state index contributed by atoms with van der Waals surface area (Å²) in [6.07, 6.45) is 0. The number of carbonyl (C=O) groups is 1. The standard InChI is InChI=1S/C19H14Cl2N2O2/c20-14-10-11-16(18(24)17(14)21)23(19(22)25)15-9-5-4-8-13(15)12-6-2-1-3-7-12/h1-11,24H,(H2,22,25). The first-order valence-electron chi connectivity index (χ1n) is 7.41. The molecular weight excluding hydrogens is 359 g/mol. The Bertz CT molecular complexity index is 930. The summed E-state index contributed by atoms with van der Waals surface area (Å²) >= 11 is 11.9. The average Bonchev–Trinajstić information content (AvgIpc) is 2.63. The van der Waals surface area contributed by atoms with Crippen LogP contribution in [0.4, 0.5) is 16.2 Å². The molecule has 126 valence electrons. The first-order chi connectivity index (χ1) is 12.0. The van der Waals surface area contributed by atoms with Gasteiger partial charge in [0.15, 0.2) is 5.75 Å². The van der Waals surface area contributed by atoms with Gasteiger partial charge in [-0.15, -0.1) is 0 Å². The zero-order valence-electron chi connectivity index (χ0n) is 13.0. The molecule has 0 aliphatic heterocycles. The number of amides is 2. The minimum Gasteiger partial charge on any atom is -0.504 e.